The van der Waals surface area contributed by atoms with Crippen LogP contribution in [0.4, 0.5) is 0 Å². The minimum absolute atomic E-state index is 1.23. The smallest absolute Gasteiger partial charge is 0.117 e. The van der Waals surface area contributed by atoms with E-state index < -0.39 is 8.07 Å². The highest BCUT2D eigenvalue weighted by atomic mass is 28.3. The third-order valence-electron chi connectivity index (χ3n) is 2.43. The molecule has 0 atom stereocenters. The van der Waals surface area contributed by atoms with Gasteiger partial charge in [0.15, 0.2) is 0 Å². The van der Waals surface area contributed by atoms with Crippen molar-refractivity contribution in [2.45, 2.75) is 38.9 Å². The molecule has 0 saturated carbocycles. The second-order valence-electron chi connectivity index (χ2n) is 2.74. The first-order valence-electron chi connectivity index (χ1n) is 4.22. The maximum Gasteiger partial charge on any atom is 0.139 e. The molecule has 0 rings (SSSR count). The molecule has 0 heterocycles. The summed E-state index contributed by atoms with van der Waals surface area (Å²) in [6.45, 7) is 6.68. The zero-order valence-corrected chi connectivity index (χ0v) is 8.70. The molecule has 0 aromatic heterocycles. The molecule has 0 fully saturated rings. The van der Waals surface area contributed by atoms with E-state index in [2.05, 4.69) is 38.2 Å². The van der Waals surface area contributed by atoms with Crippen molar-refractivity contribution < 1.29 is 0 Å². The van der Waals surface area contributed by atoms with Crippen molar-refractivity contribution in [1.29, 1.82) is 0 Å². The summed E-state index contributed by atoms with van der Waals surface area (Å²) in [6.07, 6.45) is 5.10. The first-order chi connectivity index (χ1) is 5.24. The molecule has 0 amide bonds. The summed E-state index contributed by atoms with van der Waals surface area (Å²) < 4.78 is 0. The quantitative estimate of drug-likeness (QED) is 0.444. The maximum absolute atomic E-state index is 5.10. The Balaban J connectivity index is 4.44. The normalized spacial score (nSPS) is 9.64. The molecule has 0 aromatic carbocycles. The Morgan fingerprint density at radius 3 is 1.82 bits per heavy atom. The van der Waals surface area contributed by atoms with E-state index in [-0.39, 0.29) is 0 Å². The van der Waals surface area contributed by atoms with Crippen molar-refractivity contribution in [2.24, 2.45) is 0 Å². The van der Waals surface area contributed by atoms with Gasteiger partial charge in [0, 0.05) is 0 Å². The second-order valence-corrected chi connectivity index (χ2v) is 7.67. The fourth-order valence-corrected chi connectivity index (χ4v) is 3.55. The van der Waals surface area contributed by atoms with E-state index >= 15 is 0 Å². The van der Waals surface area contributed by atoms with Gasteiger partial charge in [0.2, 0.25) is 0 Å². The van der Waals surface area contributed by atoms with Gasteiger partial charge in [-0.2, -0.15) is 0 Å². The molecule has 60 valence electrons. The Morgan fingerprint density at radius 1 is 1.09 bits per heavy atom. The molecule has 0 nitrogen and oxygen atoms in total. The van der Waals surface area contributed by atoms with E-state index in [9.17, 15) is 0 Å². The van der Waals surface area contributed by atoms with Crippen molar-refractivity contribution >= 4 is 8.07 Å². The third-order valence-corrected chi connectivity index (χ3v) is 7.15. The lowest BCUT2D eigenvalue weighted by molar-refractivity contribution is 1.20. The summed E-state index contributed by atoms with van der Waals surface area (Å²) in [5, 5.41) is 0. The van der Waals surface area contributed by atoms with Gasteiger partial charge in [-0.15, -0.1) is 12.0 Å². The predicted molar refractivity (Wildman–Crippen MR) is 53.8 cm³/mol. The first kappa shape index (κ1) is 10.3. The van der Waals surface area contributed by atoms with Gasteiger partial charge < -0.3 is 0 Å². The van der Waals surface area contributed by atoms with Gasteiger partial charge in [-0.1, -0.05) is 20.8 Å². The summed E-state index contributed by atoms with van der Waals surface area (Å²) >= 11 is 0. The summed E-state index contributed by atoms with van der Waals surface area (Å²) in [4.78, 5) is 0. The molecular formula is C10H16Si. The van der Waals surface area contributed by atoms with Gasteiger partial charge in [0.25, 0.3) is 0 Å². The molecule has 0 spiro atoms. The van der Waals surface area contributed by atoms with Crippen LogP contribution in [0.1, 0.15) is 20.8 Å². The van der Waals surface area contributed by atoms with Gasteiger partial charge in [-0.3, -0.25) is 0 Å². The van der Waals surface area contributed by atoms with Gasteiger partial charge in [0.1, 0.15) is 8.07 Å². The van der Waals surface area contributed by atoms with Crippen LogP contribution in [-0.2, 0) is 0 Å². The Kier molecular flexibility index (Phi) is 4.74. The van der Waals surface area contributed by atoms with Gasteiger partial charge in [-0.05, 0) is 30.0 Å². The minimum atomic E-state index is -1.24. The van der Waals surface area contributed by atoms with Crippen LogP contribution in [0.2, 0.25) is 18.1 Å². The van der Waals surface area contributed by atoms with Crippen molar-refractivity contribution in [2.75, 3.05) is 0 Å². The van der Waals surface area contributed by atoms with Gasteiger partial charge >= 0.3 is 0 Å². The van der Waals surface area contributed by atoms with E-state index in [1.807, 2.05) is 0 Å². The van der Waals surface area contributed by atoms with Crippen molar-refractivity contribution in [3.05, 3.63) is 0 Å². The highest BCUT2D eigenvalue weighted by Crippen LogP contribution is 2.18. The molecule has 0 N–H and O–H groups in total. The standard InChI is InChI=1S/C10H16Si/c1-5-9-10-11(6-2,7-3)8-4/h1H,6-8H2,2-4H3. The van der Waals surface area contributed by atoms with Crippen molar-refractivity contribution in [1.82, 2.24) is 0 Å². The number of rotatable bonds is 3. The summed E-state index contributed by atoms with van der Waals surface area (Å²) in [5.41, 5.74) is 3.28. The van der Waals surface area contributed by atoms with E-state index in [0.29, 0.717) is 0 Å². The molecular weight excluding hydrogens is 148 g/mol. The Labute approximate surface area is 71.4 Å². The zero-order valence-electron chi connectivity index (χ0n) is 7.70. The lowest BCUT2D eigenvalue weighted by atomic mass is 10.7. The molecule has 11 heavy (non-hydrogen) atoms. The fraction of sp³-hybridized carbons (Fsp3) is 0.600. The number of hydrogen-bond acceptors (Lipinski definition) is 0. The van der Waals surface area contributed by atoms with Crippen molar-refractivity contribution in [3.8, 4) is 23.8 Å². The van der Waals surface area contributed by atoms with Crippen molar-refractivity contribution in [3.63, 3.8) is 0 Å². The SMILES string of the molecule is C#CC#C[Si](CC)(CC)CC. The van der Waals surface area contributed by atoms with Crippen LogP contribution >= 0.6 is 0 Å². The molecule has 0 aliphatic heterocycles. The molecule has 0 aliphatic carbocycles. The fourth-order valence-electron chi connectivity index (χ4n) is 1.18. The van der Waals surface area contributed by atoms with Crippen LogP contribution < -0.4 is 0 Å². The van der Waals surface area contributed by atoms with Crippen LogP contribution in [-0.4, -0.2) is 8.07 Å². The molecule has 0 unspecified atom stereocenters. The molecule has 0 bridgehead atoms. The predicted octanol–water partition coefficient (Wildman–Crippen LogP) is 2.67. The van der Waals surface area contributed by atoms with E-state index in [1.165, 1.54) is 18.1 Å². The summed E-state index contributed by atoms with van der Waals surface area (Å²) in [6, 6.07) is 3.69. The molecule has 0 aromatic rings. The first-order valence-corrected chi connectivity index (χ1v) is 6.84. The summed E-state index contributed by atoms with van der Waals surface area (Å²) in [7, 11) is -1.24. The zero-order chi connectivity index (χ0) is 8.74. The van der Waals surface area contributed by atoms with Crippen LogP contribution in [0.3, 0.4) is 0 Å². The molecule has 1 heteroatoms. The average molecular weight is 164 g/mol. The monoisotopic (exact) mass is 164 g/mol. The van der Waals surface area contributed by atoms with Crippen LogP contribution in [0.15, 0.2) is 0 Å². The second kappa shape index (κ2) is 5.05. The lowest BCUT2D eigenvalue weighted by Gasteiger charge is -2.19. The van der Waals surface area contributed by atoms with Crippen LogP contribution in [0.25, 0.3) is 0 Å². The highest BCUT2D eigenvalue weighted by Gasteiger charge is 2.23. The lowest BCUT2D eigenvalue weighted by Crippen LogP contribution is -2.29. The Morgan fingerprint density at radius 2 is 1.55 bits per heavy atom. The largest absolute Gasteiger partial charge is 0.139 e. The Bertz CT molecular complexity index is 187. The molecule has 0 aliphatic rings. The Hall–Kier alpha value is -0.663. The van der Waals surface area contributed by atoms with Crippen LogP contribution in [0, 0.1) is 23.8 Å². The topological polar surface area (TPSA) is 0 Å². The maximum atomic E-state index is 5.10. The number of hydrogen-bond donors (Lipinski definition) is 0. The highest BCUT2D eigenvalue weighted by molar-refractivity contribution is 6.87. The van der Waals surface area contributed by atoms with Gasteiger partial charge in [-0.25, -0.2) is 0 Å². The summed E-state index contributed by atoms with van der Waals surface area (Å²) in [5.74, 6) is 5.18. The number of terminal acetylenes is 1. The third kappa shape index (κ3) is 2.83. The molecule has 0 radical (unpaired) electrons. The van der Waals surface area contributed by atoms with Crippen LogP contribution in [0.5, 0.6) is 0 Å². The van der Waals surface area contributed by atoms with E-state index in [4.69, 9.17) is 6.42 Å². The molecule has 0 saturated heterocycles. The van der Waals surface area contributed by atoms with E-state index in [1.54, 1.807) is 0 Å². The average Bonchev–Trinajstić information content (AvgIpc) is 2.08. The van der Waals surface area contributed by atoms with Gasteiger partial charge in [0.05, 0.1) is 0 Å². The van der Waals surface area contributed by atoms with E-state index in [0.717, 1.165) is 0 Å². The minimum Gasteiger partial charge on any atom is -0.117 e.